The molecule has 152 valence electrons. The molecule has 0 radical (unpaired) electrons. The number of benzene rings is 3. The summed E-state index contributed by atoms with van der Waals surface area (Å²) in [6.45, 7) is 12.7. The second-order valence-electron chi connectivity index (χ2n) is 8.93. The molecule has 0 atom stereocenters. The fourth-order valence-electron chi connectivity index (χ4n) is 2.95. The summed E-state index contributed by atoms with van der Waals surface area (Å²) in [7, 11) is -3.88. The van der Waals surface area contributed by atoms with E-state index < -0.39 is 22.6 Å². The summed E-state index contributed by atoms with van der Waals surface area (Å²) in [4.78, 5) is 13.2. The number of carbonyl (C=O) groups excluding carboxylic acids is 1. The molecule has 0 bridgehead atoms. The lowest BCUT2D eigenvalue weighted by atomic mass is 10.0. The number of rotatable bonds is 6. The predicted octanol–water partition coefficient (Wildman–Crippen LogP) is 6.49. The normalized spacial score (nSPS) is 11.9. The molecule has 0 heterocycles. The van der Waals surface area contributed by atoms with Crippen LogP contribution in [0, 0.1) is 0 Å². The van der Waals surface area contributed by atoms with Crippen LogP contribution in [-0.4, -0.2) is 22.6 Å². The molecule has 6 heteroatoms. The van der Waals surface area contributed by atoms with Crippen molar-refractivity contribution in [3.05, 3.63) is 66.2 Å². The van der Waals surface area contributed by atoms with Gasteiger partial charge in [-0.25, -0.2) is 4.79 Å². The number of esters is 1. The lowest BCUT2D eigenvalue weighted by Crippen LogP contribution is -2.31. The fourth-order valence-corrected chi connectivity index (χ4v) is 4.61. The Bertz CT molecular complexity index is 1020. The highest BCUT2D eigenvalue weighted by Crippen LogP contribution is 2.39. The molecule has 0 spiro atoms. The summed E-state index contributed by atoms with van der Waals surface area (Å²) in [5.74, 6) is 1.32. The highest BCUT2D eigenvalue weighted by atomic mass is 28.4. The summed E-state index contributed by atoms with van der Waals surface area (Å²) in [6.07, 6.45) is 0. The Hall–Kier alpha value is -2.58. The first-order valence-corrected chi connectivity index (χ1v) is 16.6. The second kappa shape index (κ2) is 8.04. The summed E-state index contributed by atoms with van der Waals surface area (Å²) in [5, 5.41) is 1.81. The molecule has 0 aliphatic carbocycles. The van der Waals surface area contributed by atoms with Crippen LogP contribution in [0.3, 0.4) is 0 Å². The molecule has 0 saturated carbocycles. The van der Waals surface area contributed by atoms with Gasteiger partial charge in [-0.1, -0.05) is 42.5 Å². The molecule has 0 saturated heterocycles. The quantitative estimate of drug-likeness (QED) is 0.258. The van der Waals surface area contributed by atoms with E-state index in [1.165, 1.54) is 0 Å². The van der Waals surface area contributed by atoms with E-state index in [1.54, 1.807) is 18.2 Å². The van der Waals surface area contributed by atoms with Gasteiger partial charge in [0.25, 0.3) is 0 Å². The van der Waals surface area contributed by atoms with Gasteiger partial charge in [0.15, 0.2) is 0 Å². The van der Waals surface area contributed by atoms with Crippen molar-refractivity contribution in [2.45, 2.75) is 39.3 Å². The van der Waals surface area contributed by atoms with Gasteiger partial charge in [-0.2, -0.15) is 0 Å². The van der Waals surface area contributed by atoms with Crippen molar-refractivity contribution in [1.29, 1.82) is 0 Å². The van der Waals surface area contributed by atoms with Crippen LogP contribution in [-0.2, 0) is 0 Å². The molecule has 0 fully saturated rings. The summed E-state index contributed by atoms with van der Waals surface area (Å²) in [5.41, 5.74) is 0.392. The zero-order valence-corrected chi connectivity index (χ0v) is 19.9. The van der Waals surface area contributed by atoms with Gasteiger partial charge in [0.1, 0.15) is 22.8 Å². The van der Waals surface area contributed by atoms with Gasteiger partial charge in [0.05, 0.1) is 0 Å². The standard InChI is InChI=1S/C23H28O4Si2/c1-28(2,3)26-21-16-20(23(24)25-17-12-8-7-9-13-17)22(27-29(4,5)6)19-15-11-10-14-18(19)21/h7-16H,1-6H3. The minimum atomic E-state index is -1.99. The molecular weight excluding hydrogens is 396 g/mol. The number of para-hydroxylation sites is 1. The summed E-state index contributed by atoms with van der Waals surface area (Å²) >= 11 is 0. The topological polar surface area (TPSA) is 44.8 Å². The highest BCUT2D eigenvalue weighted by Gasteiger charge is 2.27. The van der Waals surface area contributed by atoms with Crippen LogP contribution in [0.15, 0.2) is 60.7 Å². The maximum absolute atomic E-state index is 13.2. The van der Waals surface area contributed by atoms with E-state index in [-0.39, 0.29) is 0 Å². The van der Waals surface area contributed by atoms with Crippen LogP contribution < -0.4 is 13.6 Å². The molecule has 0 amide bonds. The van der Waals surface area contributed by atoms with E-state index in [4.69, 9.17) is 13.6 Å². The average Bonchev–Trinajstić information content (AvgIpc) is 2.62. The van der Waals surface area contributed by atoms with E-state index in [0.29, 0.717) is 22.8 Å². The first kappa shape index (κ1) is 21.1. The average molecular weight is 425 g/mol. The number of fused-ring (bicyclic) bond motifs is 1. The maximum Gasteiger partial charge on any atom is 0.347 e. The van der Waals surface area contributed by atoms with Gasteiger partial charge < -0.3 is 13.6 Å². The lowest BCUT2D eigenvalue weighted by Gasteiger charge is -2.26. The molecule has 3 aromatic rings. The van der Waals surface area contributed by atoms with Crippen LogP contribution in [0.5, 0.6) is 17.2 Å². The Labute approximate surface area is 174 Å². The van der Waals surface area contributed by atoms with E-state index >= 15 is 0 Å². The van der Waals surface area contributed by atoms with Gasteiger partial charge >= 0.3 is 5.97 Å². The SMILES string of the molecule is C[Si](C)(C)Oc1cc(C(=O)Oc2ccccc2)c(O[Si](C)(C)C)c2ccccc12. The highest BCUT2D eigenvalue weighted by molar-refractivity contribution is 6.71. The van der Waals surface area contributed by atoms with Gasteiger partial charge in [0, 0.05) is 10.8 Å². The van der Waals surface area contributed by atoms with Crippen LogP contribution in [0.1, 0.15) is 10.4 Å². The maximum atomic E-state index is 13.2. The van der Waals surface area contributed by atoms with Crippen molar-refractivity contribution in [2.24, 2.45) is 0 Å². The molecule has 0 aromatic heterocycles. The molecule has 0 N–H and O–H groups in total. The molecule has 3 rings (SSSR count). The summed E-state index contributed by atoms with van der Waals surface area (Å²) < 4.78 is 18.4. The van der Waals surface area contributed by atoms with Crippen molar-refractivity contribution in [3.63, 3.8) is 0 Å². The molecule has 0 aliphatic heterocycles. The van der Waals surface area contributed by atoms with Crippen molar-refractivity contribution >= 4 is 33.4 Å². The fraction of sp³-hybridized carbons (Fsp3) is 0.261. The Balaban J connectivity index is 2.19. The first-order valence-electron chi connectivity index (χ1n) is 9.74. The second-order valence-corrected chi connectivity index (χ2v) is 17.8. The third-order valence-corrected chi connectivity index (χ3v) is 5.60. The van der Waals surface area contributed by atoms with Crippen LogP contribution >= 0.6 is 0 Å². The zero-order valence-electron chi connectivity index (χ0n) is 17.9. The lowest BCUT2D eigenvalue weighted by molar-refractivity contribution is 0.0732. The summed E-state index contributed by atoms with van der Waals surface area (Å²) in [6, 6.07) is 18.8. The van der Waals surface area contributed by atoms with Crippen molar-refractivity contribution in [1.82, 2.24) is 0 Å². The van der Waals surface area contributed by atoms with E-state index in [2.05, 4.69) is 39.3 Å². The van der Waals surface area contributed by atoms with Gasteiger partial charge in [-0.3, -0.25) is 0 Å². The third-order valence-electron chi connectivity index (χ3n) is 3.96. The van der Waals surface area contributed by atoms with Crippen LogP contribution in [0.4, 0.5) is 0 Å². The minimum Gasteiger partial charge on any atom is -0.544 e. The zero-order chi connectivity index (χ0) is 21.2. The Morgan fingerprint density at radius 3 is 1.86 bits per heavy atom. The van der Waals surface area contributed by atoms with Gasteiger partial charge in [0.2, 0.25) is 16.6 Å². The molecule has 29 heavy (non-hydrogen) atoms. The Morgan fingerprint density at radius 1 is 0.724 bits per heavy atom. The van der Waals surface area contributed by atoms with E-state index in [0.717, 1.165) is 10.8 Å². The smallest absolute Gasteiger partial charge is 0.347 e. The van der Waals surface area contributed by atoms with Crippen molar-refractivity contribution in [2.75, 3.05) is 0 Å². The van der Waals surface area contributed by atoms with E-state index in [9.17, 15) is 4.79 Å². The van der Waals surface area contributed by atoms with Crippen molar-refractivity contribution < 1.29 is 18.4 Å². The Kier molecular flexibility index (Phi) is 5.86. The van der Waals surface area contributed by atoms with Gasteiger partial charge in [-0.05, 0) is 57.5 Å². The number of ether oxygens (including phenoxy) is 1. The first-order chi connectivity index (χ1) is 13.5. The molecular formula is C23H28O4Si2. The largest absolute Gasteiger partial charge is 0.544 e. The molecule has 0 aliphatic rings. The van der Waals surface area contributed by atoms with Crippen LogP contribution in [0.25, 0.3) is 10.8 Å². The van der Waals surface area contributed by atoms with E-state index in [1.807, 2.05) is 42.5 Å². The molecule has 4 nitrogen and oxygen atoms in total. The monoisotopic (exact) mass is 424 g/mol. The number of carbonyl (C=O) groups is 1. The van der Waals surface area contributed by atoms with Crippen molar-refractivity contribution in [3.8, 4) is 17.2 Å². The van der Waals surface area contributed by atoms with Crippen LogP contribution in [0.2, 0.25) is 39.3 Å². The number of hydrogen-bond acceptors (Lipinski definition) is 4. The molecule has 0 unspecified atom stereocenters. The number of hydrogen-bond donors (Lipinski definition) is 0. The predicted molar refractivity (Wildman–Crippen MR) is 123 cm³/mol. The molecule has 3 aromatic carbocycles. The third kappa shape index (κ3) is 5.49. The Morgan fingerprint density at radius 2 is 1.28 bits per heavy atom. The van der Waals surface area contributed by atoms with Gasteiger partial charge in [-0.15, -0.1) is 0 Å². The minimum absolute atomic E-state index is 0.392.